The number of nitrogens with one attached hydrogen (secondary N) is 1. The van der Waals surface area contributed by atoms with Crippen molar-refractivity contribution < 1.29 is 19.7 Å². The Kier molecular flexibility index (Phi) is 4.75. The summed E-state index contributed by atoms with van der Waals surface area (Å²) in [6.07, 6.45) is 0. The number of rotatable bonds is 5. The standard InChI is InChI=1S/C20H16N4O4S.H2/c21-29(26,27)16-9-6-13(7-10-16)23-24-19-17-11-8-15(12-18(17)22-20(19)25)28-14-4-2-1-3-5-14;/h1-12,22,25H,(H2,21,26,27);1H. The number of aromatic nitrogens is 1. The molecule has 0 saturated heterocycles. The molecule has 4 N–H and O–H groups in total. The number of aromatic hydroxyl groups is 1. The summed E-state index contributed by atoms with van der Waals surface area (Å²) in [5.74, 6) is 1.17. The van der Waals surface area contributed by atoms with Crippen LogP contribution in [0, 0.1) is 0 Å². The van der Waals surface area contributed by atoms with Crippen LogP contribution in [0.15, 0.2) is 87.9 Å². The molecule has 0 atom stereocenters. The number of H-pyrrole nitrogens is 1. The van der Waals surface area contributed by atoms with E-state index in [1.165, 1.54) is 24.3 Å². The van der Waals surface area contributed by atoms with E-state index < -0.39 is 10.0 Å². The molecule has 0 radical (unpaired) electrons. The number of para-hydroxylation sites is 1. The lowest BCUT2D eigenvalue weighted by atomic mass is 10.2. The van der Waals surface area contributed by atoms with Crippen molar-refractivity contribution in [2.24, 2.45) is 15.4 Å². The normalized spacial score (nSPS) is 11.9. The number of nitrogens with two attached hydrogens (primary N) is 1. The third-order valence-electron chi connectivity index (χ3n) is 4.13. The summed E-state index contributed by atoms with van der Waals surface area (Å²) < 4.78 is 28.4. The predicted molar refractivity (Wildman–Crippen MR) is 111 cm³/mol. The number of aromatic amines is 1. The molecular weight excluding hydrogens is 392 g/mol. The smallest absolute Gasteiger partial charge is 0.238 e. The lowest BCUT2D eigenvalue weighted by Crippen LogP contribution is -2.11. The van der Waals surface area contributed by atoms with Crippen LogP contribution in [0.1, 0.15) is 1.43 Å². The van der Waals surface area contributed by atoms with Crippen LogP contribution < -0.4 is 9.88 Å². The Hall–Kier alpha value is -3.69. The van der Waals surface area contributed by atoms with Crippen LogP contribution in [0.5, 0.6) is 17.4 Å². The molecular formula is C20H18N4O4S. The number of hydrogen-bond donors (Lipinski definition) is 3. The maximum atomic E-state index is 11.3. The molecule has 0 spiro atoms. The molecule has 29 heavy (non-hydrogen) atoms. The molecule has 9 heteroatoms. The summed E-state index contributed by atoms with van der Waals surface area (Å²) in [6.45, 7) is 0. The zero-order chi connectivity index (χ0) is 20.4. The summed E-state index contributed by atoms with van der Waals surface area (Å²) in [6, 6.07) is 20.3. The number of fused-ring (bicyclic) bond motifs is 1. The molecule has 1 heterocycles. The van der Waals surface area contributed by atoms with E-state index in [-0.39, 0.29) is 17.9 Å². The first-order valence-corrected chi connectivity index (χ1v) is 10.1. The number of azo groups is 1. The van der Waals surface area contributed by atoms with Gasteiger partial charge in [0.25, 0.3) is 0 Å². The van der Waals surface area contributed by atoms with Gasteiger partial charge in [0.05, 0.1) is 16.1 Å². The molecule has 0 aliphatic carbocycles. The summed E-state index contributed by atoms with van der Waals surface area (Å²) >= 11 is 0. The number of nitrogens with zero attached hydrogens (tertiary/aromatic N) is 2. The Balaban J connectivity index is 0.00000256. The largest absolute Gasteiger partial charge is 0.493 e. The van der Waals surface area contributed by atoms with Crippen LogP contribution in [0.25, 0.3) is 10.9 Å². The third kappa shape index (κ3) is 4.10. The van der Waals surface area contributed by atoms with Gasteiger partial charge in [-0.3, -0.25) is 0 Å². The van der Waals surface area contributed by atoms with Crippen molar-refractivity contribution in [1.29, 1.82) is 0 Å². The highest BCUT2D eigenvalue weighted by molar-refractivity contribution is 7.89. The molecule has 0 fully saturated rings. The molecule has 4 rings (SSSR count). The third-order valence-corrected chi connectivity index (χ3v) is 5.06. The van der Waals surface area contributed by atoms with Gasteiger partial charge >= 0.3 is 0 Å². The fraction of sp³-hybridized carbons (Fsp3) is 0. The summed E-state index contributed by atoms with van der Waals surface area (Å²) in [7, 11) is -3.77. The Labute approximate surface area is 167 Å². The Morgan fingerprint density at radius 1 is 0.931 bits per heavy atom. The van der Waals surface area contributed by atoms with Crippen molar-refractivity contribution in [2.75, 3.05) is 0 Å². The zero-order valence-electron chi connectivity index (χ0n) is 15.0. The van der Waals surface area contributed by atoms with Gasteiger partial charge in [-0.15, -0.1) is 5.11 Å². The van der Waals surface area contributed by atoms with Crippen LogP contribution >= 0.6 is 0 Å². The van der Waals surface area contributed by atoms with E-state index in [9.17, 15) is 13.5 Å². The highest BCUT2D eigenvalue weighted by Crippen LogP contribution is 2.38. The predicted octanol–water partition coefficient (Wildman–Crippen LogP) is 4.97. The van der Waals surface area contributed by atoms with Crippen molar-refractivity contribution in [2.45, 2.75) is 4.90 Å². The zero-order valence-corrected chi connectivity index (χ0v) is 15.8. The van der Waals surface area contributed by atoms with E-state index in [4.69, 9.17) is 9.88 Å². The number of sulfonamides is 1. The van der Waals surface area contributed by atoms with Crippen molar-refractivity contribution >= 4 is 32.3 Å². The molecule has 1 aromatic heterocycles. The summed E-state index contributed by atoms with van der Waals surface area (Å²) in [5.41, 5.74) is 1.31. The lowest BCUT2D eigenvalue weighted by Gasteiger charge is -2.05. The van der Waals surface area contributed by atoms with Crippen LogP contribution in [-0.2, 0) is 10.0 Å². The average molecular weight is 410 g/mol. The van der Waals surface area contributed by atoms with Crippen molar-refractivity contribution in [3.8, 4) is 17.4 Å². The molecule has 0 aliphatic heterocycles. The van der Waals surface area contributed by atoms with Gasteiger partial charge in [0.2, 0.25) is 15.9 Å². The van der Waals surface area contributed by atoms with Crippen LogP contribution in [0.4, 0.5) is 11.4 Å². The van der Waals surface area contributed by atoms with E-state index in [1.54, 1.807) is 18.2 Å². The van der Waals surface area contributed by atoms with E-state index in [0.717, 1.165) is 0 Å². The second kappa shape index (κ2) is 7.38. The Morgan fingerprint density at radius 3 is 2.34 bits per heavy atom. The van der Waals surface area contributed by atoms with Gasteiger partial charge < -0.3 is 14.8 Å². The SMILES string of the molecule is NS(=O)(=O)c1ccc(N=Nc2c(O)[nH]c3cc(Oc4ccccc4)ccc23)cc1.[HH]. The van der Waals surface area contributed by atoms with Crippen LogP contribution in [-0.4, -0.2) is 18.5 Å². The number of benzene rings is 3. The minimum atomic E-state index is -3.77. The first-order valence-electron chi connectivity index (χ1n) is 8.52. The van der Waals surface area contributed by atoms with Crippen LogP contribution in [0.3, 0.4) is 0 Å². The van der Waals surface area contributed by atoms with Gasteiger partial charge in [0, 0.05) is 12.9 Å². The molecule has 0 aliphatic rings. The minimum Gasteiger partial charge on any atom is -0.493 e. The Morgan fingerprint density at radius 2 is 1.66 bits per heavy atom. The van der Waals surface area contributed by atoms with Crippen molar-refractivity contribution in [1.82, 2.24) is 4.98 Å². The molecule has 0 saturated carbocycles. The maximum Gasteiger partial charge on any atom is 0.238 e. The van der Waals surface area contributed by atoms with Gasteiger partial charge in [-0.2, -0.15) is 5.11 Å². The number of ether oxygens (including phenoxy) is 1. The molecule has 0 amide bonds. The van der Waals surface area contributed by atoms with Gasteiger partial charge in [-0.1, -0.05) is 18.2 Å². The molecule has 0 bridgehead atoms. The van der Waals surface area contributed by atoms with E-state index >= 15 is 0 Å². The second-order valence-electron chi connectivity index (χ2n) is 6.18. The van der Waals surface area contributed by atoms with Crippen LogP contribution in [0.2, 0.25) is 0 Å². The minimum absolute atomic E-state index is 0. The quantitative estimate of drug-likeness (QED) is 0.401. The van der Waals surface area contributed by atoms with Gasteiger partial charge in [-0.05, 0) is 48.5 Å². The second-order valence-corrected chi connectivity index (χ2v) is 7.75. The van der Waals surface area contributed by atoms with E-state index in [2.05, 4.69) is 15.2 Å². The summed E-state index contributed by atoms with van der Waals surface area (Å²) in [4.78, 5) is 2.83. The fourth-order valence-electron chi connectivity index (χ4n) is 2.75. The van der Waals surface area contributed by atoms with Crippen molar-refractivity contribution in [3.05, 3.63) is 72.8 Å². The highest BCUT2D eigenvalue weighted by atomic mass is 32.2. The monoisotopic (exact) mass is 410 g/mol. The fourth-order valence-corrected chi connectivity index (χ4v) is 3.26. The number of primary sulfonamides is 1. The molecule has 8 nitrogen and oxygen atoms in total. The maximum absolute atomic E-state index is 11.3. The first kappa shape index (κ1) is 18.7. The van der Waals surface area contributed by atoms with Gasteiger partial charge in [-0.25, -0.2) is 13.6 Å². The van der Waals surface area contributed by atoms with E-state index in [1.807, 2.05) is 30.3 Å². The highest BCUT2D eigenvalue weighted by Gasteiger charge is 2.12. The van der Waals surface area contributed by atoms with Gasteiger partial charge in [0.15, 0.2) is 5.69 Å². The average Bonchev–Trinajstić information content (AvgIpc) is 3.01. The van der Waals surface area contributed by atoms with E-state index in [0.29, 0.717) is 28.1 Å². The first-order chi connectivity index (χ1) is 13.9. The lowest BCUT2D eigenvalue weighted by molar-refractivity contribution is 0.459. The van der Waals surface area contributed by atoms with Gasteiger partial charge in [0.1, 0.15) is 11.5 Å². The summed E-state index contributed by atoms with van der Waals surface area (Å²) in [5, 5.41) is 24.1. The molecule has 3 aromatic carbocycles. The number of hydrogen-bond acceptors (Lipinski definition) is 6. The van der Waals surface area contributed by atoms with Crippen molar-refractivity contribution in [3.63, 3.8) is 0 Å². The topological polar surface area (TPSA) is 130 Å². The molecule has 148 valence electrons. The molecule has 0 unspecified atom stereocenters. The molecule has 4 aromatic rings. The Bertz CT molecular complexity index is 1300.